The van der Waals surface area contributed by atoms with E-state index in [0.29, 0.717) is 20.3 Å². The van der Waals surface area contributed by atoms with E-state index in [0.717, 1.165) is 16.9 Å². The first-order valence-electron chi connectivity index (χ1n) is 9.06. The summed E-state index contributed by atoms with van der Waals surface area (Å²) in [4.78, 5) is 20.1. The Labute approximate surface area is 186 Å². The van der Waals surface area contributed by atoms with Gasteiger partial charge in [0.25, 0.3) is 5.91 Å². The minimum absolute atomic E-state index is 0.0224. The van der Waals surface area contributed by atoms with Crippen LogP contribution in [0.2, 0.25) is 0 Å². The normalized spacial score (nSPS) is 16.5. The number of rotatable bonds is 4. The molecule has 150 valence electrons. The number of thioether (sulfide) groups is 1. The van der Waals surface area contributed by atoms with Gasteiger partial charge in [-0.15, -0.1) is 0 Å². The topological polar surface area (TPSA) is 62.1 Å². The lowest BCUT2D eigenvalue weighted by molar-refractivity contribution is -0.113. The number of aromatic hydroxyl groups is 1. The molecule has 1 saturated heterocycles. The van der Waals surface area contributed by atoms with Crippen LogP contribution in [0.25, 0.3) is 6.08 Å². The van der Waals surface area contributed by atoms with E-state index in [9.17, 15) is 9.90 Å². The molecule has 0 radical (unpaired) electrons. The van der Waals surface area contributed by atoms with Crippen molar-refractivity contribution in [3.8, 4) is 11.5 Å². The third kappa shape index (κ3) is 4.13. The highest BCUT2D eigenvalue weighted by atomic mass is 79.9. The predicted octanol–water partition coefficient (Wildman–Crippen LogP) is 5.97. The Hall–Kier alpha value is -3.03. The minimum atomic E-state index is -0.167. The van der Waals surface area contributed by atoms with Gasteiger partial charge in [-0.1, -0.05) is 52.3 Å². The smallest absolute Gasteiger partial charge is 0.271 e. The number of para-hydroxylation sites is 2. The zero-order valence-electron chi connectivity index (χ0n) is 15.9. The number of carbonyl (C=O) groups excluding carboxylic acids is 1. The molecule has 0 bridgehead atoms. The summed E-state index contributed by atoms with van der Waals surface area (Å²) >= 11 is 4.74. The number of anilines is 1. The highest BCUT2D eigenvalue weighted by molar-refractivity contribution is 9.10. The van der Waals surface area contributed by atoms with Gasteiger partial charge in [0.15, 0.2) is 16.7 Å². The Morgan fingerprint density at radius 2 is 1.73 bits per heavy atom. The SMILES string of the molecule is COc1cc(/C=C2/SC(=Nc3ccccc3)N(c3ccccc3)C2=O)c(Br)cc1O. The number of amides is 1. The van der Waals surface area contributed by atoms with Crippen molar-refractivity contribution in [2.24, 2.45) is 4.99 Å². The molecule has 1 heterocycles. The van der Waals surface area contributed by atoms with E-state index in [-0.39, 0.29) is 11.7 Å². The van der Waals surface area contributed by atoms with Crippen molar-refractivity contribution in [3.05, 3.63) is 87.7 Å². The molecule has 1 fully saturated rings. The van der Waals surface area contributed by atoms with E-state index >= 15 is 0 Å². The monoisotopic (exact) mass is 480 g/mol. The average Bonchev–Trinajstić information content (AvgIpc) is 3.06. The fraction of sp³-hybridized carbons (Fsp3) is 0.0435. The van der Waals surface area contributed by atoms with Gasteiger partial charge in [-0.2, -0.15) is 0 Å². The van der Waals surface area contributed by atoms with Crippen LogP contribution in [-0.2, 0) is 4.79 Å². The van der Waals surface area contributed by atoms with Crippen LogP contribution >= 0.6 is 27.7 Å². The van der Waals surface area contributed by atoms with Gasteiger partial charge >= 0.3 is 0 Å². The zero-order chi connectivity index (χ0) is 21.1. The van der Waals surface area contributed by atoms with Gasteiger partial charge in [-0.3, -0.25) is 9.69 Å². The molecule has 1 N–H and O–H groups in total. The molecule has 0 atom stereocenters. The first-order chi connectivity index (χ1) is 14.6. The second kappa shape index (κ2) is 8.77. The molecule has 3 aromatic carbocycles. The summed E-state index contributed by atoms with van der Waals surface area (Å²) < 4.78 is 5.85. The van der Waals surface area contributed by atoms with Crippen molar-refractivity contribution in [2.45, 2.75) is 0 Å². The quantitative estimate of drug-likeness (QED) is 0.467. The number of aliphatic imine (C=N–C) groups is 1. The summed E-state index contributed by atoms with van der Waals surface area (Å²) in [6.07, 6.45) is 1.77. The molecule has 0 spiro atoms. The molecule has 1 amide bonds. The van der Waals surface area contributed by atoms with Crippen molar-refractivity contribution in [3.63, 3.8) is 0 Å². The van der Waals surface area contributed by atoms with Gasteiger partial charge in [0.1, 0.15) is 0 Å². The number of amidine groups is 1. The standard InChI is InChI=1S/C23H17BrN2O3S/c1-29-20-12-15(18(24)14-19(20)27)13-21-22(28)26(17-10-6-3-7-11-17)23(30-21)25-16-8-4-2-5-9-16/h2-14,27H,1H3/b21-13+,25-23?. The van der Waals surface area contributed by atoms with Crippen LogP contribution in [0, 0.1) is 0 Å². The first kappa shape index (κ1) is 20.3. The predicted molar refractivity (Wildman–Crippen MR) is 125 cm³/mol. The molecule has 1 aliphatic heterocycles. The van der Waals surface area contributed by atoms with Crippen LogP contribution in [0.4, 0.5) is 11.4 Å². The van der Waals surface area contributed by atoms with Gasteiger partial charge in [0.05, 0.1) is 23.4 Å². The fourth-order valence-electron chi connectivity index (χ4n) is 2.94. The molecule has 4 rings (SSSR count). The number of phenolic OH excluding ortho intramolecular Hbond substituents is 1. The molecule has 0 aliphatic carbocycles. The van der Waals surface area contributed by atoms with Crippen LogP contribution in [0.15, 0.2) is 87.2 Å². The lowest BCUT2D eigenvalue weighted by Gasteiger charge is -2.15. The molecular weight excluding hydrogens is 464 g/mol. The number of hydrogen-bond donors (Lipinski definition) is 1. The molecular formula is C23H17BrN2O3S. The van der Waals surface area contributed by atoms with Crippen LogP contribution in [-0.4, -0.2) is 23.3 Å². The lowest BCUT2D eigenvalue weighted by atomic mass is 10.2. The third-order valence-electron chi connectivity index (χ3n) is 4.39. The Morgan fingerprint density at radius 1 is 1.07 bits per heavy atom. The van der Waals surface area contributed by atoms with E-state index in [4.69, 9.17) is 9.73 Å². The third-order valence-corrected chi connectivity index (χ3v) is 6.04. The van der Waals surface area contributed by atoms with E-state index < -0.39 is 0 Å². The van der Waals surface area contributed by atoms with Gasteiger partial charge in [0, 0.05) is 4.47 Å². The first-order valence-corrected chi connectivity index (χ1v) is 10.7. The van der Waals surface area contributed by atoms with Gasteiger partial charge in [0.2, 0.25) is 0 Å². The number of phenols is 1. The largest absolute Gasteiger partial charge is 0.504 e. The Bertz CT molecular complexity index is 1150. The molecule has 0 saturated carbocycles. The summed E-state index contributed by atoms with van der Waals surface area (Å²) in [5.41, 5.74) is 2.23. The zero-order valence-corrected chi connectivity index (χ0v) is 18.4. The maximum atomic E-state index is 13.3. The Balaban J connectivity index is 1.79. The van der Waals surface area contributed by atoms with Crippen LogP contribution in [0.5, 0.6) is 11.5 Å². The number of hydrogen-bond acceptors (Lipinski definition) is 5. The number of nitrogens with zero attached hydrogens (tertiary/aromatic N) is 2. The van der Waals surface area contributed by atoms with E-state index in [1.54, 1.807) is 23.1 Å². The molecule has 3 aromatic rings. The molecule has 0 unspecified atom stereocenters. The Morgan fingerprint density at radius 3 is 2.40 bits per heavy atom. The Kier molecular flexibility index (Phi) is 5.92. The fourth-order valence-corrected chi connectivity index (χ4v) is 4.38. The van der Waals surface area contributed by atoms with Crippen molar-refractivity contribution in [2.75, 3.05) is 12.0 Å². The molecule has 5 nitrogen and oxygen atoms in total. The lowest BCUT2D eigenvalue weighted by Crippen LogP contribution is -2.28. The summed E-state index contributed by atoms with van der Waals surface area (Å²) in [6.45, 7) is 0. The molecule has 0 aromatic heterocycles. The van der Waals surface area contributed by atoms with Crippen LogP contribution in [0.3, 0.4) is 0 Å². The number of ether oxygens (including phenoxy) is 1. The number of halogens is 1. The summed E-state index contributed by atoms with van der Waals surface area (Å²) in [6, 6.07) is 22.2. The van der Waals surface area contributed by atoms with Crippen molar-refractivity contribution in [1.29, 1.82) is 0 Å². The van der Waals surface area contributed by atoms with Crippen LogP contribution < -0.4 is 9.64 Å². The van der Waals surface area contributed by atoms with Crippen LogP contribution in [0.1, 0.15) is 5.56 Å². The maximum absolute atomic E-state index is 13.3. The number of methoxy groups -OCH3 is 1. The summed E-state index contributed by atoms with van der Waals surface area (Å²) in [5, 5.41) is 10.5. The number of carbonyl (C=O) groups is 1. The van der Waals surface area contributed by atoms with E-state index in [2.05, 4.69) is 15.9 Å². The number of benzene rings is 3. The van der Waals surface area contributed by atoms with Gasteiger partial charge in [-0.05, 0) is 59.8 Å². The van der Waals surface area contributed by atoms with Crippen molar-refractivity contribution < 1.29 is 14.6 Å². The minimum Gasteiger partial charge on any atom is -0.504 e. The summed E-state index contributed by atoms with van der Waals surface area (Å²) in [7, 11) is 1.48. The second-order valence-corrected chi connectivity index (χ2v) is 8.23. The average molecular weight is 481 g/mol. The van der Waals surface area contributed by atoms with E-state index in [1.807, 2.05) is 60.7 Å². The maximum Gasteiger partial charge on any atom is 0.271 e. The highest BCUT2D eigenvalue weighted by Gasteiger charge is 2.34. The second-order valence-electron chi connectivity index (χ2n) is 6.36. The molecule has 30 heavy (non-hydrogen) atoms. The summed E-state index contributed by atoms with van der Waals surface area (Å²) in [5.74, 6) is 0.188. The highest BCUT2D eigenvalue weighted by Crippen LogP contribution is 2.39. The van der Waals surface area contributed by atoms with Gasteiger partial charge in [-0.25, -0.2) is 4.99 Å². The van der Waals surface area contributed by atoms with E-state index in [1.165, 1.54) is 18.9 Å². The van der Waals surface area contributed by atoms with Crippen molar-refractivity contribution >= 4 is 56.2 Å². The molecule has 7 heteroatoms. The van der Waals surface area contributed by atoms with Crippen molar-refractivity contribution in [1.82, 2.24) is 0 Å². The van der Waals surface area contributed by atoms with Gasteiger partial charge < -0.3 is 9.84 Å². The molecule has 1 aliphatic rings.